The highest BCUT2D eigenvalue weighted by Gasteiger charge is 2.34. The van der Waals surface area contributed by atoms with Gasteiger partial charge in [0.1, 0.15) is 16.2 Å². The minimum absolute atomic E-state index is 0.178. The van der Waals surface area contributed by atoms with Crippen LogP contribution in [0, 0.1) is 6.92 Å². The van der Waals surface area contributed by atoms with Crippen molar-refractivity contribution in [3.05, 3.63) is 59.9 Å². The molecule has 0 saturated heterocycles. The number of fused-ring (bicyclic) bond motifs is 1. The van der Waals surface area contributed by atoms with Crippen molar-refractivity contribution in [1.82, 2.24) is 10.3 Å². The van der Waals surface area contributed by atoms with Crippen molar-refractivity contribution >= 4 is 26.9 Å². The molecule has 148 valence electrons. The summed E-state index contributed by atoms with van der Waals surface area (Å²) in [5.41, 5.74) is 3.25. The molecule has 0 fully saturated rings. The molecule has 3 aromatic rings. The van der Waals surface area contributed by atoms with Gasteiger partial charge in [0.25, 0.3) is 10.0 Å². The molecule has 0 aliphatic rings. The molecule has 11 heteroatoms. The van der Waals surface area contributed by atoms with E-state index < -0.39 is 32.9 Å². The monoisotopic (exact) mass is 414 g/mol. The third-order valence-electron chi connectivity index (χ3n) is 3.56. The van der Waals surface area contributed by atoms with Crippen LogP contribution in [0.25, 0.3) is 11.0 Å². The minimum atomic E-state index is -5.08. The molecule has 0 radical (unpaired) electrons. The lowest BCUT2D eigenvalue weighted by Crippen LogP contribution is -2.41. The van der Waals surface area contributed by atoms with Crippen molar-refractivity contribution < 1.29 is 35.5 Å². The van der Waals surface area contributed by atoms with Crippen LogP contribution >= 0.6 is 0 Å². The number of furan rings is 1. The number of ether oxygens (including phenoxy) is 1. The summed E-state index contributed by atoms with van der Waals surface area (Å²) in [6.07, 6.45) is -5.08. The molecule has 0 bridgehead atoms. The van der Waals surface area contributed by atoms with Crippen molar-refractivity contribution in [3.63, 3.8) is 0 Å². The Morgan fingerprint density at radius 2 is 1.82 bits per heavy atom. The van der Waals surface area contributed by atoms with E-state index in [0.29, 0.717) is 11.0 Å². The predicted molar refractivity (Wildman–Crippen MR) is 91.9 cm³/mol. The number of alkyl halides is 3. The van der Waals surface area contributed by atoms with E-state index >= 15 is 0 Å². The number of carbonyl (C=O) groups is 1. The molecule has 28 heavy (non-hydrogen) atoms. The Labute approximate surface area is 157 Å². The summed E-state index contributed by atoms with van der Waals surface area (Å²) in [5, 5.41) is 0.636. The lowest BCUT2D eigenvalue weighted by Gasteiger charge is -2.14. The molecule has 2 N–H and O–H groups in total. The quantitative estimate of drug-likeness (QED) is 0.625. The number of sulfonamides is 1. The summed E-state index contributed by atoms with van der Waals surface area (Å²) in [7, 11) is -4.55. The first-order valence-corrected chi connectivity index (χ1v) is 9.21. The first kappa shape index (κ1) is 19.7. The summed E-state index contributed by atoms with van der Waals surface area (Å²) in [5.74, 6) is -2.04. The van der Waals surface area contributed by atoms with Crippen LogP contribution in [0.5, 0.6) is 5.75 Å². The van der Waals surface area contributed by atoms with E-state index in [4.69, 9.17) is 4.42 Å². The number of carbonyl (C=O) groups excluding carboxylic acids is 1. The van der Waals surface area contributed by atoms with Gasteiger partial charge in [-0.3, -0.25) is 10.2 Å². The fraction of sp³-hybridized carbons (Fsp3) is 0.118. The molecular weight excluding hydrogens is 401 g/mol. The van der Waals surface area contributed by atoms with Crippen LogP contribution in [0.4, 0.5) is 13.2 Å². The Morgan fingerprint density at radius 1 is 1.11 bits per heavy atom. The van der Waals surface area contributed by atoms with Crippen molar-refractivity contribution in [3.8, 4) is 5.75 Å². The average molecular weight is 414 g/mol. The fourth-order valence-corrected chi connectivity index (χ4v) is 3.36. The molecule has 0 unspecified atom stereocenters. The third kappa shape index (κ3) is 4.43. The van der Waals surface area contributed by atoms with Crippen LogP contribution in [-0.2, 0) is 10.0 Å². The Bertz CT molecular complexity index is 1140. The van der Waals surface area contributed by atoms with E-state index in [0.717, 1.165) is 17.7 Å². The Balaban J connectivity index is 1.78. The number of para-hydroxylation sites is 1. The van der Waals surface area contributed by atoms with Gasteiger partial charge in [0.05, 0.1) is 0 Å². The van der Waals surface area contributed by atoms with Crippen molar-refractivity contribution in [1.29, 1.82) is 0 Å². The number of hydrazine groups is 1. The average Bonchev–Trinajstić information content (AvgIpc) is 3.02. The number of aryl methyl sites for hydroxylation is 1. The lowest BCUT2D eigenvalue weighted by molar-refractivity contribution is -0.275. The number of halogens is 3. The molecular formula is C17H13F3N2O5S. The van der Waals surface area contributed by atoms with Crippen LogP contribution in [0.3, 0.4) is 0 Å². The summed E-state index contributed by atoms with van der Waals surface area (Å²) in [6, 6.07) is 10.7. The molecule has 1 heterocycles. The maximum atomic E-state index is 12.5. The molecule has 0 aliphatic carbocycles. The van der Waals surface area contributed by atoms with Gasteiger partial charge in [-0.2, -0.15) is 0 Å². The molecule has 1 amide bonds. The summed E-state index contributed by atoms with van der Waals surface area (Å²) in [4.78, 5) is 13.1. The van der Waals surface area contributed by atoms with Crippen molar-refractivity contribution in [2.45, 2.75) is 18.2 Å². The fourth-order valence-electron chi connectivity index (χ4n) is 2.39. The molecule has 0 aliphatic heterocycles. The third-order valence-corrected chi connectivity index (χ3v) is 4.85. The zero-order valence-electron chi connectivity index (χ0n) is 14.2. The van der Waals surface area contributed by atoms with E-state index in [1.165, 1.54) is 18.2 Å². The molecule has 3 rings (SSSR count). The van der Waals surface area contributed by atoms with Gasteiger partial charge in [0, 0.05) is 5.39 Å². The van der Waals surface area contributed by atoms with Gasteiger partial charge in [-0.1, -0.05) is 23.8 Å². The summed E-state index contributed by atoms with van der Waals surface area (Å²) < 4.78 is 71.0. The lowest BCUT2D eigenvalue weighted by atomic mass is 10.2. The van der Waals surface area contributed by atoms with E-state index in [2.05, 4.69) is 4.74 Å². The topological polar surface area (TPSA) is 97.6 Å². The number of hydrogen-bond donors (Lipinski definition) is 2. The van der Waals surface area contributed by atoms with E-state index in [1.807, 2.05) is 12.3 Å². The smallest absolute Gasteiger partial charge is 0.451 e. The van der Waals surface area contributed by atoms with E-state index in [1.54, 1.807) is 23.0 Å². The van der Waals surface area contributed by atoms with Crippen molar-refractivity contribution in [2.75, 3.05) is 0 Å². The standard InChI is InChI=1S/C17H13F3N2O5S/c1-10-6-7-12-11(8-10)9-14(26-12)16(23)21-22-28(24,25)15-5-3-2-4-13(15)27-17(18,19)20/h2-9,22H,1H3,(H,21,23). The predicted octanol–water partition coefficient (Wildman–Crippen LogP) is 3.26. The normalized spacial score (nSPS) is 12.1. The second kappa shape index (κ2) is 7.17. The second-order valence-electron chi connectivity index (χ2n) is 5.71. The maximum Gasteiger partial charge on any atom is 0.573 e. The van der Waals surface area contributed by atoms with Gasteiger partial charge in [0.15, 0.2) is 5.76 Å². The number of amides is 1. The van der Waals surface area contributed by atoms with Gasteiger partial charge in [-0.05, 0) is 37.3 Å². The molecule has 2 aromatic carbocycles. The van der Waals surface area contributed by atoms with Crippen LogP contribution in [0.1, 0.15) is 16.1 Å². The number of rotatable bonds is 5. The number of nitrogens with one attached hydrogen (secondary N) is 2. The minimum Gasteiger partial charge on any atom is -0.451 e. The molecule has 7 nitrogen and oxygen atoms in total. The largest absolute Gasteiger partial charge is 0.573 e. The van der Waals surface area contributed by atoms with E-state index in [9.17, 15) is 26.4 Å². The first-order valence-electron chi connectivity index (χ1n) is 7.72. The second-order valence-corrected chi connectivity index (χ2v) is 7.36. The van der Waals surface area contributed by atoms with Crippen LogP contribution in [0.2, 0.25) is 0 Å². The van der Waals surface area contributed by atoms with Crippen LogP contribution in [-0.4, -0.2) is 20.7 Å². The zero-order chi connectivity index (χ0) is 20.5. The van der Waals surface area contributed by atoms with Crippen molar-refractivity contribution in [2.24, 2.45) is 0 Å². The van der Waals surface area contributed by atoms with Gasteiger partial charge < -0.3 is 9.15 Å². The zero-order valence-corrected chi connectivity index (χ0v) is 15.0. The van der Waals surface area contributed by atoms with Gasteiger partial charge in [-0.25, -0.2) is 8.42 Å². The first-order chi connectivity index (χ1) is 13.0. The Kier molecular flexibility index (Phi) is 5.04. The molecule has 1 aromatic heterocycles. The number of hydrogen-bond acceptors (Lipinski definition) is 5. The van der Waals surface area contributed by atoms with Gasteiger partial charge in [0.2, 0.25) is 0 Å². The Hall–Kier alpha value is -3.05. The highest BCUT2D eigenvalue weighted by Crippen LogP contribution is 2.29. The highest BCUT2D eigenvalue weighted by atomic mass is 32.2. The molecule has 0 atom stereocenters. The van der Waals surface area contributed by atoms with Gasteiger partial charge in [-0.15, -0.1) is 18.0 Å². The van der Waals surface area contributed by atoms with E-state index in [-0.39, 0.29) is 5.76 Å². The highest BCUT2D eigenvalue weighted by molar-refractivity contribution is 7.89. The summed E-state index contributed by atoms with van der Waals surface area (Å²) >= 11 is 0. The number of benzene rings is 2. The Morgan fingerprint density at radius 3 is 2.54 bits per heavy atom. The summed E-state index contributed by atoms with van der Waals surface area (Å²) in [6.45, 7) is 1.85. The molecule has 0 spiro atoms. The molecule has 0 saturated carbocycles. The van der Waals surface area contributed by atoms with Gasteiger partial charge >= 0.3 is 12.3 Å². The van der Waals surface area contributed by atoms with Crippen LogP contribution < -0.4 is 15.0 Å². The SMILES string of the molecule is Cc1ccc2oc(C(=O)NNS(=O)(=O)c3ccccc3OC(F)(F)F)cc2c1. The maximum absolute atomic E-state index is 12.5. The van der Waals surface area contributed by atoms with Crippen LogP contribution in [0.15, 0.2) is 57.8 Å².